The number of aryl methyl sites for hydroxylation is 2. The summed E-state index contributed by atoms with van der Waals surface area (Å²) >= 11 is 0. The third kappa shape index (κ3) is 4.32. The molecule has 0 bridgehead atoms. The van der Waals surface area contributed by atoms with Gasteiger partial charge in [0.25, 0.3) is 0 Å². The highest BCUT2D eigenvalue weighted by molar-refractivity contribution is 5.33. The van der Waals surface area contributed by atoms with Gasteiger partial charge in [0.05, 0.1) is 0 Å². The predicted octanol–water partition coefficient (Wildman–Crippen LogP) is 5.56. The van der Waals surface area contributed by atoms with Gasteiger partial charge in [-0.1, -0.05) is 63.3 Å². The van der Waals surface area contributed by atoms with Gasteiger partial charge < -0.3 is 5.32 Å². The standard InChI is InChI=1S/C20H33N/c1-5-7-17-9-11-18(12-10-17)20(21-6-2)19-13-8-15(3)14-16(19)4/h8,13-14,17-18,20-21H,5-7,9-12H2,1-4H3. The Morgan fingerprint density at radius 1 is 1.10 bits per heavy atom. The van der Waals surface area contributed by atoms with Crippen LogP contribution >= 0.6 is 0 Å². The van der Waals surface area contributed by atoms with Crippen molar-refractivity contribution in [3.63, 3.8) is 0 Å². The first kappa shape index (κ1) is 16.5. The van der Waals surface area contributed by atoms with Crippen molar-refractivity contribution in [2.75, 3.05) is 6.54 Å². The van der Waals surface area contributed by atoms with E-state index in [1.54, 1.807) is 0 Å². The maximum Gasteiger partial charge on any atom is 0.0351 e. The lowest BCUT2D eigenvalue weighted by atomic mass is 9.75. The Bertz CT molecular complexity index is 429. The minimum atomic E-state index is 0.554. The van der Waals surface area contributed by atoms with Crippen LogP contribution in [0, 0.1) is 25.7 Å². The molecule has 1 saturated carbocycles. The predicted molar refractivity (Wildman–Crippen MR) is 92.7 cm³/mol. The molecule has 1 aliphatic rings. The Labute approximate surface area is 131 Å². The van der Waals surface area contributed by atoms with E-state index in [0.29, 0.717) is 6.04 Å². The highest BCUT2D eigenvalue weighted by atomic mass is 14.9. The molecule has 0 aliphatic heterocycles. The molecule has 1 nitrogen and oxygen atoms in total. The van der Waals surface area contributed by atoms with Gasteiger partial charge in [-0.3, -0.25) is 0 Å². The fraction of sp³-hybridized carbons (Fsp3) is 0.700. The smallest absolute Gasteiger partial charge is 0.0351 e. The number of rotatable bonds is 6. The van der Waals surface area contributed by atoms with E-state index in [9.17, 15) is 0 Å². The lowest BCUT2D eigenvalue weighted by Gasteiger charge is -2.35. The second kappa shape index (κ2) is 7.98. The molecule has 1 aromatic rings. The Morgan fingerprint density at radius 2 is 1.81 bits per heavy atom. The molecular weight excluding hydrogens is 254 g/mol. The Balaban J connectivity index is 2.09. The SMILES string of the molecule is CCCC1CCC(C(NCC)c2ccc(C)cc2C)CC1. The molecule has 1 fully saturated rings. The van der Waals surface area contributed by atoms with Crippen molar-refractivity contribution in [2.24, 2.45) is 11.8 Å². The second-order valence-electron chi connectivity index (χ2n) is 6.96. The molecule has 1 heteroatoms. The van der Waals surface area contributed by atoms with E-state index in [0.717, 1.165) is 18.4 Å². The molecular formula is C20H33N. The summed E-state index contributed by atoms with van der Waals surface area (Å²) in [6.45, 7) is 10.1. The molecule has 0 amide bonds. The molecule has 1 atom stereocenters. The average Bonchev–Trinajstić information content (AvgIpc) is 2.47. The number of nitrogens with one attached hydrogen (secondary N) is 1. The molecule has 0 radical (unpaired) electrons. The summed E-state index contributed by atoms with van der Waals surface area (Å²) < 4.78 is 0. The Hall–Kier alpha value is -0.820. The van der Waals surface area contributed by atoms with E-state index in [4.69, 9.17) is 0 Å². The van der Waals surface area contributed by atoms with Crippen LogP contribution in [0.15, 0.2) is 18.2 Å². The highest BCUT2D eigenvalue weighted by Gasteiger charge is 2.28. The van der Waals surface area contributed by atoms with Crippen molar-refractivity contribution in [2.45, 2.75) is 72.3 Å². The monoisotopic (exact) mass is 287 g/mol. The van der Waals surface area contributed by atoms with Gasteiger partial charge in [0.1, 0.15) is 0 Å². The summed E-state index contributed by atoms with van der Waals surface area (Å²) in [6, 6.07) is 7.52. The van der Waals surface area contributed by atoms with Crippen molar-refractivity contribution in [3.05, 3.63) is 34.9 Å². The first-order chi connectivity index (χ1) is 10.2. The van der Waals surface area contributed by atoms with Gasteiger partial charge in [-0.2, -0.15) is 0 Å². The maximum atomic E-state index is 3.78. The Morgan fingerprint density at radius 3 is 2.38 bits per heavy atom. The zero-order chi connectivity index (χ0) is 15.2. The lowest BCUT2D eigenvalue weighted by molar-refractivity contribution is 0.215. The van der Waals surface area contributed by atoms with Crippen LogP contribution in [-0.2, 0) is 0 Å². The molecule has 1 aliphatic carbocycles. The van der Waals surface area contributed by atoms with Crippen molar-refractivity contribution < 1.29 is 0 Å². The largest absolute Gasteiger partial charge is 0.310 e. The maximum absolute atomic E-state index is 3.78. The number of hydrogen-bond donors (Lipinski definition) is 1. The lowest BCUT2D eigenvalue weighted by Crippen LogP contribution is -2.31. The molecule has 118 valence electrons. The van der Waals surface area contributed by atoms with E-state index >= 15 is 0 Å². The molecule has 1 aromatic carbocycles. The second-order valence-corrected chi connectivity index (χ2v) is 6.96. The van der Waals surface area contributed by atoms with Gasteiger partial charge in [0, 0.05) is 6.04 Å². The van der Waals surface area contributed by atoms with E-state index in [1.807, 2.05) is 0 Å². The average molecular weight is 287 g/mol. The molecule has 21 heavy (non-hydrogen) atoms. The van der Waals surface area contributed by atoms with Crippen LogP contribution < -0.4 is 5.32 Å². The van der Waals surface area contributed by atoms with Crippen LogP contribution in [0.3, 0.4) is 0 Å². The van der Waals surface area contributed by atoms with Gasteiger partial charge in [-0.25, -0.2) is 0 Å². The number of hydrogen-bond acceptors (Lipinski definition) is 1. The van der Waals surface area contributed by atoms with Gasteiger partial charge in [-0.15, -0.1) is 0 Å². The summed E-state index contributed by atoms with van der Waals surface area (Å²) in [4.78, 5) is 0. The molecule has 0 spiro atoms. The van der Waals surface area contributed by atoms with Crippen molar-refractivity contribution >= 4 is 0 Å². The molecule has 1 N–H and O–H groups in total. The topological polar surface area (TPSA) is 12.0 Å². The minimum Gasteiger partial charge on any atom is -0.310 e. The first-order valence-corrected chi connectivity index (χ1v) is 8.96. The quantitative estimate of drug-likeness (QED) is 0.722. The zero-order valence-corrected chi connectivity index (χ0v) is 14.4. The van der Waals surface area contributed by atoms with Crippen molar-refractivity contribution in [1.29, 1.82) is 0 Å². The van der Waals surface area contributed by atoms with Crippen molar-refractivity contribution in [1.82, 2.24) is 5.32 Å². The fourth-order valence-corrected chi connectivity index (χ4v) is 4.14. The summed E-state index contributed by atoms with van der Waals surface area (Å²) in [6.07, 6.45) is 8.45. The molecule has 0 heterocycles. The summed E-state index contributed by atoms with van der Waals surface area (Å²) in [5.74, 6) is 1.81. The third-order valence-electron chi connectivity index (χ3n) is 5.24. The molecule has 2 rings (SSSR count). The highest BCUT2D eigenvalue weighted by Crippen LogP contribution is 2.39. The Kier molecular flexibility index (Phi) is 6.29. The van der Waals surface area contributed by atoms with E-state index < -0.39 is 0 Å². The third-order valence-corrected chi connectivity index (χ3v) is 5.24. The number of benzene rings is 1. The van der Waals surface area contributed by atoms with Gasteiger partial charge in [0.15, 0.2) is 0 Å². The summed E-state index contributed by atoms with van der Waals surface area (Å²) in [5.41, 5.74) is 4.36. The van der Waals surface area contributed by atoms with Crippen LogP contribution in [0.4, 0.5) is 0 Å². The van der Waals surface area contributed by atoms with Gasteiger partial charge >= 0.3 is 0 Å². The molecule has 0 aromatic heterocycles. The first-order valence-electron chi connectivity index (χ1n) is 8.96. The van der Waals surface area contributed by atoms with Gasteiger partial charge in [-0.05, 0) is 56.2 Å². The zero-order valence-electron chi connectivity index (χ0n) is 14.4. The normalized spacial score (nSPS) is 24.0. The van der Waals surface area contributed by atoms with Crippen LogP contribution in [-0.4, -0.2) is 6.54 Å². The van der Waals surface area contributed by atoms with Gasteiger partial charge in [0.2, 0.25) is 0 Å². The van der Waals surface area contributed by atoms with E-state index in [2.05, 4.69) is 51.2 Å². The molecule has 1 unspecified atom stereocenters. The fourth-order valence-electron chi connectivity index (χ4n) is 4.14. The van der Waals surface area contributed by atoms with E-state index in [-0.39, 0.29) is 0 Å². The van der Waals surface area contributed by atoms with E-state index in [1.165, 1.54) is 55.2 Å². The van der Waals surface area contributed by atoms with Crippen LogP contribution in [0.5, 0.6) is 0 Å². The van der Waals surface area contributed by atoms with Crippen LogP contribution in [0.1, 0.15) is 75.1 Å². The summed E-state index contributed by atoms with van der Waals surface area (Å²) in [7, 11) is 0. The van der Waals surface area contributed by atoms with Crippen molar-refractivity contribution in [3.8, 4) is 0 Å². The van der Waals surface area contributed by atoms with Crippen LogP contribution in [0.2, 0.25) is 0 Å². The van der Waals surface area contributed by atoms with Crippen LogP contribution in [0.25, 0.3) is 0 Å². The molecule has 0 saturated heterocycles. The summed E-state index contributed by atoms with van der Waals surface area (Å²) in [5, 5.41) is 3.78. The minimum absolute atomic E-state index is 0.554.